The topological polar surface area (TPSA) is 101 Å². The summed E-state index contributed by atoms with van der Waals surface area (Å²) in [6, 6.07) is 14.9. The van der Waals surface area contributed by atoms with E-state index in [4.69, 9.17) is 4.74 Å². The van der Waals surface area contributed by atoms with Crippen LogP contribution in [0.15, 0.2) is 65.5 Å². The van der Waals surface area contributed by atoms with Gasteiger partial charge >= 0.3 is 6.09 Å². The van der Waals surface area contributed by atoms with Crippen molar-refractivity contribution in [3.05, 3.63) is 82.2 Å². The number of nitrogens with one attached hydrogen (secondary N) is 1. The first-order chi connectivity index (χ1) is 22.5. The van der Waals surface area contributed by atoms with Crippen molar-refractivity contribution in [2.45, 2.75) is 84.5 Å². The minimum atomic E-state index is -0.894. The Morgan fingerprint density at radius 2 is 1.89 bits per heavy atom. The molecule has 2 aromatic heterocycles. The van der Waals surface area contributed by atoms with Crippen molar-refractivity contribution >= 4 is 57.3 Å². The second kappa shape index (κ2) is 13.4. The number of thiophene rings is 1. The molecule has 9 nitrogen and oxygen atoms in total. The predicted molar refractivity (Wildman–Crippen MR) is 185 cm³/mol. The molecule has 0 bridgehead atoms. The van der Waals surface area contributed by atoms with Crippen LogP contribution >= 0.6 is 11.3 Å². The molecule has 2 atom stereocenters. The smallest absolute Gasteiger partial charge is 0.408 e. The lowest BCUT2D eigenvalue weighted by molar-refractivity contribution is -0.129. The number of ether oxygens (including phenoxy) is 1. The third-order valence-electron chi connectivity index (χ3n) is 8.90. The Morgan fingerprint density at radius 1 is 1.09 bits per heavy atom. The Balaban J connectivity index is 1.31. The lowest BCUT2D eigenvalue weighted by Crippen LogP contribution is -2.47. The molecule has 0 aliphatic carbocycles. The van der Waals surface area contributed by atoms with Crippen LogP contribution in [0.4, 0.5) is 16.2 Å². The van der Waals surface area contributed by atoms with Crippen molar-refractivity contribution in [2.75, 3.05) is 16.3 Å². The summed E-state index contributed by atoms with van der Waals surface area (Å²) in [4.78, 5) is 58.0. The molecule has 3 amide bonds. The van der Waals surface area contributed by atoms with Gasteiger partial charge < -0.3 is 24.4 Å². The molecule has 0 saturated carbocycles. The molecule has 0 radical (unpaired) electrons. The zero-order chi connectivity index (χ0) is 33.3. The average molecular weight is 655 g/mol. The minimum absolute atomic E-state index is 0.0435. The van der Waals surface area contributed by atoms with Crippen LogP contribution in [-0.4, -0.2) is 46.4 Å². The van der Waals surface area contributed by atoms with Crippen LogP contribution in [0.2, 0.25) is 0 Å². The number of carbonyl (C=O) groups is 4. The predicted octanol–water partition coefficient (Wildman–Crippen LogP) is 6.65. The average Bonchev–Trinajstić information content (AvgIpc) is 3.78. The fraction of sp³-hybridized carbons (Fsp3) is 0.405. The summed E-state index contributed by atoms with van der Waals surface area (Å²) in [5.74, 6) is -0.959. The molecule has 0 spiro atoms. The maximum absolute atomic E-state index is 14.4. The highest BCUT2D eigenvalue weighted by Gasteiger charge is 2.39. The van der Waals surface area contributed by atoms with Gasteiger partial charge in [0, 0.05) is 55.4 Å². The Bertz CT molecular complexity index is 1800. The van der Waals surface area contributed by atoms with Crippen LogP contribution in [-0.2, 0) is 45.1 Å². The number of anilines is 2. The number of aromatic nitrogens is 1. The van der Waals surface area contributed by atoms with Gasteiger partial charge in [-0.05, 0) is 86.2 Å². The number of amides is 3. The molecule has 4 aromatic rings. The number of hydrogen-bond acceptors (Lipinski definition) is 6. The lowest BCUT2D eigenvalue weighted by Gasteiger charge is -2.37. The zero-order valence-corrected chi connectivity index (χ0v) is 28.3. The van der Waals surface area contributed by atoms with E-state index in [1.54, 1.807) is 41.9 Å². The van der Waals surface area contributed by atoms with E-state index in [0.29, 0.717) is 25.9 Å². The fourth-order valence-corrected chi connectivity index (χ4v) is 7.45. The molecule has 246 valence electrons. The van der Waals surface area contributed by atoms with Crippen molar-refractivity contribution in [3.63, 3.8) is 0 Å². The molecule has 6 rings (SSSR count). The van der Waals surface area contributed by atoms with Gasteiger partial charge in [-0.25, -0.2) is 4.79 Å². The van der Waals surface area contributed by atoms with Gasteiger partial charge in [-0.3, -0.25) is 14.4 Å². The highest BCUT2D eigenvalue weighted by Crippen LogP contribution is 2.42. The monoisotopic (exact) mass is 654 g/mol. The Kier molecular flexibility index (Phi) is 9.23. The molecular weight excluding hydrogens is 612 g/mol. The van der Waals surface area contributed by atoms with Gasteiger partial charge in [0.05, 0.1) is 24.0 Å². The summed E-state index contributed by atoms with van der Waals surface area (Å²) in [6.45, 7) is 9.13. The number of Topliss-reactive ketones (excluding diaryl/α,β-unsaturated/α-hetero) is 1. The van der Waals surface area contributed by atoms with Crippen molar-refractivity contribution in [3.8, 4) is 0 Å². The van der Waals surface area contributed by atoms with Gasteiger partial charge in [-0.2, -0.15) is 11.3 Å². The van der Waals surface area contributed by atoms with E-state index in [0.717, 1.165) is 51.9 Å². The molecule has 1 N–H and O–H groups in total. The third-order valence-corrected chi connectivity index (χ3v) is 9.63. The maximum Gasteiger partial charge on any atom is 0.408 e. The molecule has 4 heterocycles. The second-order valence-electron chi connectivity index (χ2n) is 13.4. The molecule has 1 fully saturated rings. The highest BCUT2D eigenvalue weighted by atomic mass is 32.1. The third kappa shape index (κ3) is 6.98. The normalized spacial score (nSPS) is 17.2. The first-order valence-electron chi connectivity index (χ1n) is 16.4. The number of benzene rings is 2. The standard InChI is InChI=1S/C37H42N4O5S/c1-5-39-22-27(28-11-6-7-12-30(28)39)19-29(38-36(45)46-37(2,3)4)32(42)20-26-18-25-10-8-13-31(40-16-9-14-33(40)43)34(25)41(35(26)44)21-24-15-17-47-23-24/h6-8,10-13,15,17,22-23,26,29H,5,9,14,16,18-21H2,1-4H3,(H,38,45)/t26?,29-/m1/s1. The summed E-state index contributed by atoms with van der Waals surface area (Å²) in [5, 5.41) is 7.86. The van der Waals surface area contributed by atoms with Crippen LogP contribution in [0.3, 0.4) is 0 Å². The van der Waals surface area contributed by atoms with Crippen LogP contribution in [0.1, 0.15) is 63.6 Å². The first kappa shape index (κ1) is 32.5. The highest BCUT2D eigenvalue weighted by molar-refractivity contribution is 7.07. The molecule has 1 saturated heterocycles. The number of carbonyl (C=O) groups excluding carboxylic acids is 4. The second-order valence-corrected chi connectivity index (χ2v) is 14.2. The van der Waals surface area contributed by atoms with Crippen molar-refractivity contribution in [1.29, 1.82) is 0 Å². The van der Waals surface area contributed by atoms with Crippen molar-refractivity contribution in [1.82, 2.24) is 9.88 Å². The van der Waals surface area contributed by atoms with E-state index in [2.05, 4.69) is 16.8 Å². The quantitative estimate of drug-likeness (QED) is 0.206. The lowest BCUT2D eigenvalue weighted by atomic mass is 9.85. The van der Waals surface area contributed by atoms with E-state index in [1.165, 1.54) is 0 Å². The summed E-state index contributed by atoms with van der Waals surface area (Å²) in [6.07, 6.45) is 3.22. The van der Waals surface area contributed by atoms with Crippen molar-refractivity contribution in [2.24, 2.45) is 5.92 Å². The number of alkyl carbamates (subject to hydrolysis) is 1. The number of fused-ring (bicyclic) bond motifs is 2. The van der Waals surface area contributed by atoms with Crippen molar-refractivity contribution < 1.29 is 23.9 Å². The number of ketones is 1. The van der Waals surface area contributed by atoms with Crippen LogP contribution in [0.25, 0.3) is 10.9 Å². The minimum Gasteiger partial charge on any atom is -0.444 e. The molecule has 47 heavy (non-hydrogen) atoms. The number of nitrogens with zero attached hydrogens (tertiary/aromatic N) is 3. The summed E-state index contributed by atoms with van der Waals surface area (Å²) < 4.78 is 7.69. The largest absolute Gasteiger partial charge is 0.444 e. The molecular formula is C37H42N4O5S. The Morgan fingerprint density at radius 3 is 2.60 bits per heavy atom. The van der Waals surface area contributed by atoms with Crippen LogP contribution in [0.5, 0.6) is 0 Å². The summed E-state index contributed by atoms with van der Waals surface area (Å²) in [7, 11) is 0. The van der Waals surface area contributed by atoms with E-state index >= 15 is 0 Å². The molecule has 2 aliphatic rings. The molecule has 10 heteroatoms. The van der Waals surface area contributed by atoms with Gasteiger partial charge in [0.25, 0.3) is 0 Å². The molecule has 2 aliphatic heterocycles. The first-order valence-corrected chi connectivity index (χ1v) is 17.3. The molecule has 2 aromatic carbocycles. The van der Waals surface area contributed by atoms with Gasteiger partial charge in [0.15, 0.2) is 5.78 Å². The van der Waals surface area contributed by atoms with E-state index < -0.39 is 23.7 Å². The summed E-state index contributed by atoms with van der Waals surface area (Å²) in [5.41, 5.74) is 4.67. The van der Waals surface area contributed by atoms with E-state index in [-0.39, 0.29) is 30.4 Å². The maximum atomic E-state index is 14.4. The van der Waals surface area contributed by atoms with Crippen LogP contribution < -0.4 is 15.1 Å². The number of para-hydroxylation sites is 2. The van der Waals surface area contributed by atoms with Gasteiger partial charge in [0.2, 0.25) is 11.8 Å². The SMILES string of the molecule is CCn1cc(C[C@@H](NC(=O)OC(C)(C)C)C(=O)CC2Cc3cccc(N4CCCC4=O)c3N(Cc3ccsc3)C2=O)c2ccccc21. The van der Waals surface area contributed by atoms with Gasteiger partial charge in [-0.1, -0.05) is 30.3 Å². The van der Waals surface area contributed by atoms with Gasteiger partial charge in [-0.15, -0.1) is 0 Å². The summed E-state index contributed by atoms with van der Waals surface area (Å²) >= 11 is 1.56. The molecule has 1 unspecified atom stereocenters. The zero-order valence-electron chi connectivity index (χ0n) is 27.5. The van der Waals surface area contributed by atoms with Gasteiger partial charge in [0.1, 0.15) is 5.60 Å². The number of rotatable bonds is 10. The number of aryl methyl sites for hydroxylation is 1. The Hall–Kier alpha value is -4.44. The fourth-order valence-electron chi connectivity index (χ4n) is 6.79. The van der Waals surface area contributed by atoms with E-state index in [1.807, 2.05) is 65.5 Å². The van der Waals surface area contributed by atoms with Crippen LogP contribution in [0, 0.1) is 5.92 Å². The number of hydrogen-bond donors (Lipinski definition) is 1. The van der Waals surface area contributed by atoms with E-state index in [9.17, 15) is 19.2 Å². The Labute approximate surface area is 279 Å².